The van der Waals surface area contributed by atoms with Gasteiger partial charge in [0.15, 0.2) is 0 Å². The monoisotopic (exact) mass is 536 g/mol. The molecule has 4 rings (SSSR count). The van der Waals surface area contributed by atoms with Crippen LogP contribution in [-0.4, -0.2) is 58.2 Å². The number of nitrogens with one attached hydrogen (secondary N) is 3. The molecule has 198 valence electrons. The molecule has 1 aliphatic rings. The first-order valence-corrected chi connectivity index (χ1v) is 12.6. The average Bonchev–Trinajstić information content (AvgIpc) is 3.33. The number of anilines is 1. The van der Waals surface area contributed by atoms with Crippen LogP contribution in [0.5, 0.6) is 5.75 Å². The number of aromatic carboxylic acids is 1. The Balaban J connectivity index is 1.37. The minimum Gasteiger partial charge on any atom is -0.508 e. The zero-order valence-corrected chi connectivity index (χ0v) is 21.3. The van der Waals surface area contributed by atoms with Crippen LogP contribution < -0.4 is 16.0 Å². The summed E-state index contributed by atoms with van der Waals surface area (Å²) in [7, 11) is 0. The van der Waals surface area contributed by atoms with Crippen molar-refractivity contribution in [1.29, 1.82) is 0 Å². The number of carboxylic acid groups (broad SMARTS) is 1. The van der Waals surface area contributed by atoms with Crippen LogP contribution in [0.25, 0.3) is 0 Å². The maximum absolute atomic E-state index is 13.3. The summed E-state index contributed by atoms with van der Waals surface area (Å²) in [6, 6.07) is 18.3. The Labute approximate surface area is 225 Å². The standard InChI is InChI=1S/C28H29ClN4O5/c29-21-7-1-19(2-8-21)16-33-14-13-23(17-33)30-26(35)25(15-18-3-11-24(34)12-4-18)32-28(38)31-22-9-5-20(6-10-22)27(36)37/h1-12,23,25,34H,13-17H2,(H,30,35)(H,36,37)(H2,31,32,38)/t23?,25-/m0/s1. The number of hydrogen-bond acceptors (Lipinski definition) is 5. The zero-order valence-electron chi connectivity index (χ0n) is 20.6. The lowest BCUT2D eigenvalue weighted by atomic mass is 10.0. The van der Waals surface area contributed by atoms with E-state index in [1.165, 1.54) is 36.4 Å². The molecule has 2 atom stereocenters. The van der Waals surface area contributed by atoms with Gasteiger partial charge in [0, 0.05) is 42.8 Å². The minimum absolute atomic E-state index is 0.0643. The lowest BCUT2D eigenvalue weighted by Gasteiger charge is -2.22. The van der Waals surface area contributed by atoms with E-state index in [0.717, 1.165) is 30.6 Å². The maximum atomic E-state index is 13.3. The number of aromatic hydroxyl groups is 1. The summed E-state index contributed by atoms with van der Waals surface area (Å²) in [6.07, 6.45) is 1.01. The number of halogens is 1. The molecule has 3 amide bonds. The quantitative estimate of drug-likeness (QED) is 0.282. The van der Waals surface area contributed by atoms with Gasteiger partial charge in [-0.2, -0.15) is 0 Å². The number of phenols is 1. The molecule has 1 unspecified atom stereocenters. The number of benzene rings is 3. The van der Waals surface area contributed by atoms with E-state index in [1.807, 2.05) is 24.3 Å². The van der Waals surface area contributed by atoms with Crippen molar-refractivity contribution < 1.29 is 24.6 Å². The lowest BCUT2D eigenvalue weighted by Crippen LogP contribution is -2.52. The second kappa shape index (κ2) is 12.4. The number of carbonyl (C=O) groups is 3. The number of carboxylic acids is 1. The van der Waals surface area contributed by atoms with Gasteiger partial charge in [0.1, 0.15) is 11.8 Å². The molecule has 1 heterocycles. The van der Waals surface area contributed by atoms with E-state index in [1.54, 1.807) is 12.1 Å². The number of nitrogens with zero attached hydrogens (tertiary/aromatic N) is 1. The molecule has 0 bridgehead atoms. The highest BCUT2D eigenvalue weighted by molar-refractivity contribution is 6.30. The highest BCUT2D eigenvalue weighted by atomic mass is 35.5. The topological polar surface area (TPSA) is 131 Å². The van der Waals surface area contributed by atoms with Crippen LogP contribution in [0.15, 0.2) is 72.8 Å². The van der Waals surface area contributed by atoms with Gasteiger partial charge >= 0.3 is 12.0 Å². The average molecular weight is 537 g/mol. The van der Waals surface area contributed by atoms with Crippen LogP contribution in [0.1, 0.15) is 27.9 Å². The van der Waals surface area contributed by atoms with Gasteiger partial charge in [-0.15, -0.1) is 0 Å². The van der Waals surface area contributed by atoms with E-state index in [9.17, 15) is 19.5 Å². The van der Waals surface area contributed by atoms with Crippen molar-refractivity contribution >= 4 is 35.2 Å². The Kier molecular flexibility index (Phi) is 8.83. The number of carbonyl (C=O) groups excluding carboxylic acids is 2. The maximum Gasteiger partial charge on any atom is 0.335 e. The molecule has 1 aliphatic heterocycles. The molecule has 10 heteroatoms. The van der Waals surface area contributed by atoms with E-state index in [4.69, 9.17) is 16.7 Å². The number of phenolic OH excluding ortho intramolecular Hbond substituents is 1. The first-order chi connectivity index (χ1) is 18.2. The van der Waals surface area contributed by atoms with Crippen LogP contribution in [0, 0.1) is 0 Å². The van der Waals surface area contributed by atoms with E-state index >= 15 is 0 Å². The van der Waals surface area contributed by atoms with Crippen molar-refractivity contribution in [3.8, 4) is 5.75 Å². The molecule has 0 aromatic heterocycles. The Hall–Kier alpha value is -4.08. The summed E-state index contributed by atoms with van der Waals surface area (Å²) in [5.74, 6) is -1.27. The first-order valence-electron chi connectivity index (χ1n) is 12.2. The summed E-state index contributed by atoms with van der Waals surface area (Å²) < 4.78 is 0. The minimum atomic E-state index is -1.06. The number of hydrogen-bond donors (Lipinski definition) is 5. The lowest BCUT2D eigenvalue weighted by molar-refractivity contribution is -0.123. The van der Waals surface area contributed by atoms with Gasteiger partial charge in [-0.25, -0.2) is 9.59 Å². The van der Waals surface area contributed by atoms with Gasteiger partial charge in [-0.3, -0.25) is 9.69 Å². The summed E-state index contributed by atoms with van der Waals surface area (Å²) in [4.78, 5) is 39.3. The van der Waals surface area contributed by atoms with Crippen molar-refractivity contribution in [2.24, 2.45) is 0 Å². The van der Waals surface area contributed by atoms with Crippen molar-refractivity contribution in [2.75, 3.05) is 18.4 Å². The second-order valence-electron chi connectivity index (χ2n) is 9.26. The number of rotatable bonds is 9. The van der Waals surface area contributed by atoms with Gasteiger partial charge in [-0.1, -0.05) is 35.9 Å². The fourth-order valence-electron chi connectivity index (χ4n) is 4.34. The molecule has 9 nitrogen and oxygen atoms in total. The zero-order chi connectivity index (χ0) is 27.1. The van der Waals surface area contributed by atoms with Crippen molar-refractivity contribution in [3.63, 3.8) is 0 Å². The number of likely N-dealkylation sites (tertiary alicyclic amines) is 1. The summed E-state index contributed by atoms with van der Waals surface area (Å²) in [5, 5.41) is 27.8. The Morgan fingerprint density at radius 2 is 1.61 bits per heavy atom. The fourth-order valence-corrected chi connectivity index (χ4v) is 4.47. The molecule has 3 aromatic rings. The Morgan fingerprint density at radius 1 is 0.947 bits per heavy atom. The second-order valence-corrected chi connectivity index (χ2v) is 9.70. The molecular weight excluding hydrogens is 508 g/mol. The molecule has 0 aliphatic carbocycles. The highest BCUT2D eigenvalue weighted by Crippen LogP contribution is 2.17. The largest absolute Gasteiger partial charge is 0.508 e. The van der Waals surface area contributed by atoms with Crippen molar-refractivity contribution in [2.45, 2.75) is 31.5 Å². The van der Waals surface area contributed by atoms with E-state index in [0.29, 0.717) is 17.3 Å². The first kappa shape index (κ1) is 27.0. The number of urea groups is 1. The van der Waals surface area contributed by atoms with E-state index < -0.39 is 18.0 Å². The summed E-state index contributed by atoms with van der Waals surface area (Å²) >= 11 is 5.97. The molecular formula is C28H29ClN4O5. The third-order valence-electron chi connectivity index (χ3n) is 6.33. The molecule has 38 heavy (non-hydrogen) atoms. The van der Waals surface area contributed by atoms with Gasteiger partial charge in [0.2, 0.25) is 5.91 Å². The molecule has 3 aromatic carbocycles. The fraction of sp³-hybridized carbons (Fsp3) is 0.250. The van der Waals surface area contributed by atoms with Crippen LogP contribution in [0.2, 0.25) is 5.02 Å². The third kappa shape index (κ3) is 7.71. The molecule has 0 radical (unpaired) electrons. The summed E-state index contributed by atoms with van der Waals surface area (Å²) in [5.41, 5.74) is 2.40. The normalized spacial score (nSPS) is 16.0. The molecule has 1 fully saturated rings. The van der Waals surface area contributed by atoms with E-state index in [2.05, 4.69) is 20.9 Å². The third-order valence-corrected chi connectivity index (χ3v) is 6.58. The van der Waals surface area contributed by atoms with Gasteiger partial charge in [-0.05, 0) is 66.1 Å². The predicted octanol–water partition coefficient (Wildman–Crippen LogP) is 3.87. The van der Waals surface area contributed by atoms with E-state index in [-0.39, 0.29) is 29.7 Å². The molecule has 0 spiro atoms. The number of amides is 3. The van der Waals surface area contributed by atoms with Gasteiger partial charge < -0.3 is 26.2 Å². The molecule has 5 N–H and O–H groups in total. The Morgan fingerprint density at radius 3 is 2.26 bits per heavy atom. The molecule has 1 saturated heterocycles. The SMILES string of the molecule is O=C(Nc1ccc(C(=O)O)cc1)N[C@@H](Cc1ccc(O)cc1)C(=O)NC1CCN(Cc2ccc(Cl)cc2)C1. The van der Waals surface area contributed by atoms with Crippen molar-refractivity contribution in [3.05, 3.63) is 94.5 Å². The van der Waals surface area contributed by atoms with Crippen LogP contribution in [0.3, 0.4) is 0 Å². The van der Waals surface area contributed by atoms with Gasteiger partial charge in [0.05, 0.1) is 5.56 Å². The summed E-state index contributed by atoms with van der Waals surface area (Å²) in [6.45, 7) is 2.26. The molecule has 0 saturated carbocycles. The van der Waals surface area contributed by atoms with Crippen LogP contribution in [-0.2, 0) is 17.8 Å². The van der Waals surface area contributed by atoms with Crippen LogP contribution in [0.4, 0.5) is 10.5 Å². The predicted molar refractivity (Wildman–Crippen MR) is 144 cm³/mol. The smallest absolute Gasteiger partial charge is 0.335 e. The Bertz CT molecular complexity index is 1270. The highest BCUT2D eigenvalue weighted by Gasteiger charge is 2.28. The van der Waals surface area contributed by atoms with Crippen LogP contribution >= 0.6 is 11.6 Å². The van der Waals surface area contributed by atoms with Crippen molar-refractivity contribution in [1.82, 2.24) is 15.5 Å². The van der Waals surface area contributed by atoms with Gasteiger partial charge in [0.25, 0.3) is 0 Å².